The normalized spacial score (nSPS) is 21.8. The van der Waals surface area contributed by atoms with E-state index in [2.05, 4.69) is 25.8 Å². The van der Waals surface area contributed by atoms with Gasteiger partial charge >= 0.3 is 6.61 Å². The first-order chi connectivity index (χ1) is 12.6. The van der Waals surface area contributed by atoms with Crippen molar-refractivity contribution in [3.8, 4) is 17.0 Å². The number of hydrogen-bond donors (Lipinski definition) is 1. The third-order valence-corrected chi connectivity index (χ3v) is 5.54. The SMILES string of the molecule is FC(F)Oc1ccc2ncc(-c3cc4n(n3)CCC43CCNC3)cc2c1. The fourth-order valence-electron chi connectivity index (χ4n) is 4.20. The zero-order chi connectivity index (χ0) is 17.7. The first-order valence-corrected chi connectivity index (χ1v) is 8.77. The molecule has 0 aliphatic carbocycles. The van der Waals surface area contributed by atoms with Crippen molar-refractivity contribution in [2.24, 2.45) is 0 Å². The molecule has 1 aromatic carbocycles. The predicted octanol–water partition coefficient (Wildman–Crippen LogP) is 3.33. The average Bonchev–Trinajstić information content (AvgIpc) is 3.33. The Hall–Kier alpha value is -2.54. The van der Waals surface area contributed by atoms with Gasteiger partial charge in [0.05, 0.1) is 11.2 Å². The van der Waals surface area contributed by atoms with Crippen molar-refractivity contribution in [2.75, 3.05) is 13.1 Å². The van der Waals surface area contributed by atoms with Gasteiger partial charge in [0.1, 0.15) is 5.75 Å². The van der Waals surface area contributed by atoms with Gasteiger partial charge in [-0.25, -0.2) is 0 Å². The summed E-state index contributed by atoms with van der Waals surface area (Å²) in [6.07, 6.45) is 4.06. The molecule has 134 valence electrons. The molecule has 1 N–H and O–H groups in total. The first kappa shape index (κ1) is 15.7. The summed E-state index contributed by atoms with van der Waals surface area (Å²) in [4.78, 5) is 4.44. The fourth-order valence-corrected chi connectivity index (χ4v) is 4.20. The van der Waals surface area contributed by atoms with Crippen molar-refractivity contribution in [2.45, 2.75) is 31.4 Å². The molecular formula is C19H18F2N4O. The molecule has 2 aliphatic heterocycles. The van der Waals surface area contributed by atoms with Crippen LogP contribution in [0.5, 0.6) is 5.75 Å². The van der Waals surface area contributed by atoms with E-state index in [0.717, 1.165) is 54.6 Å². The monoisotopic (exact) mass is 356 g/mol. The van der Waals surface area contributed by atoms with Crippen LogP contribution in [0.1, 0.15) is 18.5 Å². The number of aryl methyl sites for hydroxylation is 1. The maximum atomic E-state index is 12.4. The lowest BCUT2D eigenvalue weighted by molar-refractivity contribution is -0.0497. The number of fused-ring (bicyclic) bond motifs is 3. The quantitative estimate of drug-likeness (QED) is 0.782. The molecule has 0 bridgehead atoms. The van der Waals surface area contributed by atoms with Gasteiger partial charge in [0, 0.05) is 41.3 Å². The standard InChI is InChI=1S/C19H18F2N4O/c20-18(21)26-14-1-2-15-12(8-14)7-13(10-23-15)16-9-17-19(3-5-22-11-19)4-6-25(17)24-16/h1-2,7-10,18,22H,3-6,11H2. The number of benzene rings is 1. The molecule has 0 radical (unpaired) electrons. The minimum absolute atomic E-state index is 0.134. The van der Waals surface area contributed by atoms with Crippen molar-refractivity contribution in [1.82, 2.24) is 20.1 Å². The van der Waals surface area contributed by atoms with Crippen molar-refractivity contribution in [3.63, 3.8) is 0 Å². The number of halogens is 2. The van der Waals surface area contributed by atoms with E-state index >= 15 is 0 Å². The molecule has 1 spiro atoms. The summed E-state index contributed by atoms with van der Waals surface area (Å²) < 4.78 is 31.5. The average molecular weight is 356 g/mol. The molecule has 2 aromatic heterocycles. The van der Waals surface area contributed by atoms with E-state index in [-0.39, 0.29) is 11.2 Å². The van der Waals surface area contributed by atoms with Crippen LogP contribution in [0.3, 0.4) is 0 Å². The van der Waals surface area contributed by atoms with Crippen LogP contribution in [0.15, 0.2) is 36.5 Å². The maximum Gasteiger partial charge on any atom is 0.387 e. The number of rotatable bonds is 3. The van der Waals surface area contributed by atoms with Crippen molar-refractivity contribution >= 4 is 10.9 Å². The molecule has 3 aromatic rings. The van der Waals surface area contributed by atoms with Crippen LogP contribution < -0.4 is 10.1 Å². The lowest BCUT2D eigenvalue weighted by atomic mass is 9.82. The van der Waals surface area contributed by atoms with Gasteiger partial charge < -0.3 is 10.1 Å². The Morgan fingerprint density at radius 2 is 2.12 bits per heavy atom. The van der Waals surface area contributed by atoms with Crippen LogP contribution in [0.2, 0.25) is 0 Å². The van der Waals surface area contributed by atoms with Gasteiger partial charge in [-0.2, -0.15) is 13.9 Å². The number of alkyl halides is 2. The summed E-state index contributed by atoms with van der Waals surface area (Å²) in [7, 11) is 0. The molecule has 1 unspecified atom stereocenters. The summed E-state index contributed by atoms with van der Waals surface area (Å²) in [5.74, 6) is 0.134. The predicted molar refractivity (Wildman–Crippen MR) is 93.4 cm³/mol. The summed E-state index contributed by atoms with van der Waals surface area (Å²) in [5.41, 5.74) is 3.98. The van der Waals surface area contributed by atoms with Gasteiger partial charge in [-0.3, -0.25) is 9.67 Å². The minimum Gasteiger partial charge on any atom is -0.435 e. The molecule has 1 saturated heterocycles. The zero-order valence-corrected chi connectivity index (χ0v) is 14.1. The van der Waals surface area contributed by atoms with Crippen LogP contribution >= 0.6 is 0 Å². The van der Waals surface area contributed by atoms with Crippen LogP contribution in [-0.4, -0.2) is 34.5 Å². The lowest BCUT2D eigenvalue weighted by Crippen LogP contribution is -2.25. The number of hydrogen-bond acceptors (Lipinski definition) is 4. The fraction of sp³-hybridized carbons (Fsp3) is 0.368. The molecular weight excluding hydrogens is 338 g/mol. The number of nitrogens with zero attached hydrogens (tertiary/aromatic N) is 3. The van der Waals surface area contributed by atoms with Crippen molar-refractivity contribution < 1.29 is 13.5 Å². The van der Waals surface area contributed by atoms with Crippen LogP contribution in [0.4, 0.5) is 8.78 Å². The Balaban J connectivity index is 1.53. The topological polar surface area (TPSA) is 52.0 Å². The molecule has 1 atom stereocenters. The summed E-state index contributed by atoms with van der Waals surface area (Å²) in [5, 5.41) is 8.97. The van der Waals surface area contributed by atoms with Crippen LogP contribution in [-0.2, 0) is 12.0 Å². The Kier molecular flexibility index (Phi) is 3.46. The summed E-state index contributed by atoms with van der Waals surface area (Å²) >= 11 is 0. The lowest BCUT2D eigenvalue weighted by Gasteiger charge is -2.20. The highest BCUT2D eigenvalue weighted by Crippen LogP contribution is 2.41. The highest BCUT2D eigenvalue weighted by Gasteiger charge is 2.42. The third-order valence-electron chi connectivity index (χ3n) is 5.54. The molecule has 26 heavy (non-hydrogen) atoms. The Morgan fingerprint density at radius 1 is 1.19 bits per heavy atom. The smallest absolute Gasteiger partial charge is 0.387 e. The number of aromatic nitrogens is 3. The van der Waals surface area contributed by atoms with Crippen molar-refractivity contribution in [3.05, 3.63) is 42.2 Å². The van der Waals surface area contributed by atoms with Crippen LogP contribution in [0.25, 0.3) is 22.2 Å². The van der Waals surface area contributed by atoms with E-state index in [1.165, 1.54) is 11.8 Å². The molecule has 7 heteroatoms. The van der Waals surface area contributed by atoms with E-state index in [4.69, 9.17) is 5.10 Å². The molecule has 5 nitrogen and oxygen atoms in total. The highest BCUT2D eigenvalue weighted by molar-refractivity contribution is 5.84. The van der Waals surface area contributed by atoms with Crippen LogP contribution in [0, 0.1) is 0 Å². The van der Waals surface area contributed by atoms with E-state index in [1.54, 1.807) is 18.3 Å². The van der Waals surface area contributed by atoms with Gasteiger partial charge in [-0.15, -0.1) is 0 Å². The third kappa shape index (κ3) is 2.46. The largest absolute Gasteiger partial charge is 0.435 e. The van der Waals surface area contributed by atoms with E-state index < -0.39 is 6.61 Å². The van der Waals surface area contributed by atoms with Gasteiger partial charge in [-0.05, 0) is 49.7 Å². The highest BCUT2D eigenvalue weighted by atomic mass is 19.3. The van der Waals surface area contributed by atoms with Gasteiger partial charge in [0.2, 0.25) is 0 Å². The Labute approximate surface area is 149 Å². The number of ether oxygens (including phenoxy) is 1. The van der Waals surface area contributed by atoms with Crippen molar-refractivity contribution in [1.29, 1.82) is 0 Å². The zero-order valence-electron chi connectivity index (χ0n) is 14.1. The molecule has 5 rings (SSSR count). The minimum atomic E-state index is -2.84. The number of pyridine rings is 1. The Bertz CT molecular complexity index is 979. The van der Waals surface area contributed by atoms with Gasteiger partial charge in [-0.1, -0.05) is 0 Å². The molecule has 2 aliphatic rings. The molecule has 4 heterocycles. The van der Waals surface area contributed by atoms with E-state index in [1.807, 2.05) is 6.07 Å². The second-order valence-electron chi connectivity index (χ2n) is 7.05. The molecule has 0 saturated carbocycles. The van der Waals surface area contributed by atoms with Gasteiger partial charge in [0.25, 0.3) is 0 Å². The summed E-state index contributed by atoms with van der Waals surface area (Å²) in [6, 6.07) is 8.86. The Morgan fingerprint density at radius 3 is 2.92 bits per heavy atom. The molecule has 0 amide bonds. The second-order valence-corrected chi connectivity index (χ2v) is 7.05. The molecule has 1 fully saturated rings. The van der Waals surface area contributed by atoms with E-state index in [9.17, 15) is 8.78 Å². The first-order valence-electron chi connectivity index (χ1n) is 8.77. The summed E-state index contributed by atoms with van der Waals surface area (Å²) in [6.45, 7) is 0.147. The van der Waals surface area contributed by atoms with Gasteiger partial charge in [0.15, 0.2) is 0 Å². The number of nitrogens with one attached hydrogen (secondary N) is 1. The second kappa shape index (κ2) is 5.74. The van der Waals surface area contributed by atoms with E-state index in [0.29, 0.717) is 0 Å². The maximum absolute atomic E-state index is 12.4.